The summed E-state index contributed by atoms with van der Waals surface area (Å²) in [7, 11) is 0. The zero-order valence-corrected chi connectivity index (χ0v) is 9.77. The second-order valence-corrected chi connectivity index (χ2v) is 3.66. The lowest BCUT2D eigenvalue weighted by atomic mass is 10.1. The molecular weight excluding hydrogens is 216 g/mol. The molecule has 0 radical (unpaired) electrons. The molecule has 0 atom stereocenters. The van der Waals surface area contributed by atoms with Crippen LogP contribution in [0.1, 0.15) is 18.9 Å². The molecular formula is C13H16N2O2. The summed E-state index contributed by atoms with van der Waals surface area (Å²) in [5, 5.41) is 2.73. The Morgan fingerprint density at radius 1 is 1.47 bits per heavy atom. The van der Waals surface area contributed by atoms with Gasteiger partial charge in [0.1, 0.15) is 6.29 Å². The molecule has 0 aliphatic carbocycles. The first-order valence-corrected chi connectivity index (χ1v) is 5.44. The van der Waals surface area contributed by atoms with Crippen LogP contribution in [-0.4, -0.2) is 12.2 Å². The van der Waals surface area contributed by atoms with Crippen molar-refractivity contribution in [1.82, 2.24) is 0 Å². The Morgan fingerprint density at radius 3 is 2.88 bits per heavy atom. The molecule has 0 aliphatic rings. The predicted octanol–water partition coefficient (Wildman–Crippen LogP) is 1.62. The Hall–Kier alpha value is -2.10. The van der Waals surface area contributed by atoms with Crippen LogP contribution < -0.4 is 11.1 Å². The fourth-order valence-corrected chi connectivity index (χ4v) is 1.41. The van der Waals surface area contributed by atoms with Gasteiger partial charge in [-0.1, -0.05) is 19.1 Å². The molecule has 0 heterocycles. The van der Waals surface area contributed by atoms with E-state index >= 15 is 0 Å². The molecule has 0 saturated carbocycles. The fourth-order valence-electron chi connectivity index (χ4n) is 1.41. The topological polar surface area (TPSA) is 72.2 Å². The molecule has 1 aromatic rings. The number of allylic oxidation sites excluding steroid dienone is 1. The van der Waals surface area contributed by atoms with Crippen LogP contribution in [0.25, 0.3) is 0 Å². The molecule has 0 aliphatic heterocycles. The summed E-state index contributed by atoms with van der Waals surface area (Å²) < 4.78 is 0. The number of rotatable bonds is 5. The third kappa shape index (κ3) is 4.51. The van der Waals surface area contributed by atoms with Gasteiger partial charge < -0.3 is 11.1 Å². The Bertz CT molecular complexity index is 439. The molecule has 0 unspecified atom stereocenters. The Kier molecular flexibility index (Phi) is 4.94. The van der Waals surface area contributed by atoms with E-state index in [-0.39, 0.29) is 18.0 Å². The normalized spacial score (nSPS) is 11.0. The number of aryl methyl sites for hydroxylation is 1. The molecule has 1 amide bonds. The zero-order valence-electron chi connectivity index (χ0n) is 9.77. The van der Waals surface area contributed by atoms with Crippen molar-refractivity contribution in [1.29, 1.82) is 0 Å². The first kappa shape index (κ1) is 13.0. The average Bonchev–Trinajstić information content (AvgIpc) is 2.29. The zero-order chi connectivity index (χ0) is 12.7. The van der Waals surface area contributed by atoms with Gasteiger partial charge in [-0.05, 0) is 30.2 Å². The highest BCUT2D eigenvalue weighted by molar-refractivity contribution is 5.92. The standard InChI is InChI=1S/C13H16N2O2/c1-2-10-4-3-5-12(8-10)15-13(17)9-11(14)6-7-16/h3-8H,2,9,14H2,1H3,(H,15,17)/b11-6-. The highest BCUT2D eigenvalue weighted by atomic mass is 16.1. The number of benzene rings is 1. The van der Waals surface area contributed by atoms with Gasteiger partial charge in [-0.2, -0.15) is 0 Å². The molecule has 4 nitrogen and oxygen atoms in total. The van der Waals surface area contributed by atoms with Crippen molar-refractivity contribution in [3.8, 4) is 0 Å². The maximum absolute atomic E-state index is 11.5. The minimum Gasteiger partial charge on any atom is -0.402 e. The van der Waals surface area contributed by atoms with Crippen LogP contribution in [-0.2, 0) is 16.0 Å². The summed E-state index contributed by atoms with van der Waals surface area (Å²) in [4.78, 5) is 21.7. The summed E-state index contributed by atoms with van der Waals surface area (Å²) >= 11 is 0. The van der Waals surface area contributed by atoms with Crippen molar-refractivity contribution in [3.05, 3.63) is 41.6 Å². The number of carbonyl (C=O) groups is 2. The van der Waals surface area contributed by atoms with E-state index in [0.29, 0.717) is 6.29 Å². The van der Waals surface area contributed by atoms with Crippen molar-refractivity contribution in [2.75, 3.05) is 5.32 Å². The van der Waals surface area contributed by atoms with Crippen LogP contribution in [0.15, 0.2) is 36.0 Å². The van der Waals surface area contributed by atoms with Crippen molar-refractivity contribution < 1.29 is 9.59 Å². The van der Waals surface area contributed by atoms with Gasteiger partial charge in [0.15, 0.2) is 0 Å². The molecule has 1 rings (SSSR count). The largest absolute Gasteiger partial charge is 0.402 e. The first-order chi connectivity index (χ1) is 8.15. The van der Waals surface area contributed by atoms with Crippen molar-refractivity contribution >= 4 is 17.9 Å². The summed E-state index contributed by atoms with van der Waals surface area (Å²) in [6.07, 6.45) is 2.69. The van der Waals surface area contributed by atoms with Gasteiger partial charge in [-0.15, -0.1) is 0 Å². The Labute approximate surface area is 101 Å². The summed E-state index contributed by atoms with van der Waals surface area (Å²) in [6.45, 7) is 2.05. The quantitative estimate of drug-likeness (QED) is 0.598. The summed E-state index contributed by atoms with van der Waals surface area (Å²) in [6, 6.07) is 7.61. The van der Waals surface area contributed by atoms with E-state index in [9.17, 15) is 9.59 Å². The predicted molar refractivity (Wildman–Crippen MR) is 67.4 cm³/mol. The molecule has 90 valence electrons. The number of carbonyl (C=O) groups excluding carboxylic acids is 2. The summed E-state index contributed by atoms with van der Waals surface area (Å²) in [5.74, 6) is -0.228. The number of aldehydes is 1. The van der Waals surface area contributed by atoms with Crippen LogP contribution in [0.4, 0.5) is 5.69 Å². The minimum atomic E-state index is -0.228. The number of amides is 1. The summed E-state index contributed by atoms with van der Waals surface area (Å²) in [5.41, 5.74) is 7.61. The highest BCUT2D eigenvalue weighted by Gasteiger charge is 2.04. The Balaban J connectivity index is 2.61. The third-order valence-corrected chi connectivity index (χ3v) is 2.27. The lowest BCUT2D eigenvalue weighted by Gasteiger charge is -2.06. The molecule has 17 heavy (non-hydrogen) atoms. The van der Waals surface area contributed by atoms with E-state index in [2.05, 4.69) is 5.32 Å². The van der Waals surface area contributed by atoms with Gasteiger partial charge >= 0.3 is 0 Å². The molecule has 0 spiro atoms. The van der Waals surface area contributed by atoms with E-state index in [1.807, 2.05) is 31.2 Å². The molecule has 0 fully saturated rings. The van der Waals surface area contributed by atoms with Crippen molar-refractivity contribution in [2.45, 2.75) is 19.8 Å². The smallest absolute Gasteiger partial charge is 0.230 e. The fraction of sp³-hybridized carbons (Fsp3) is 0.231. The van der Waals surface area contributed by atoms with Crippen LogP contribution in [0.3, 0.4) is 0 Å². The van der Waals surface area contributed by atoms with Gasteiger partial charge in [-0.3, -0.25) is 9.59 Å². The number of anilines is 1. The van der Waals surface area contributed by atoms with Crippen molar-refractivity contribution in [3.63, 3.8) is 0 Å². The molecule has 0 saturated heterocycles. The van der Waals surface area contributed by atoms with Crippen LogP contribution in [0, 0.1) is 0 Å². The number of nitrogens with one attached hydrogen (secondary N) is 1. The SMILES string of the molecule is CCc1cccc(NC(=O)C/C(N)=C/C=O)c1. The van der Waals surface area contributed by atoms with Crippen LogP contribution in [0.5, 0.6) is 0 Å². The maximum atomic E-state index is 11.5. The van der Waals surface area contributed by atoms with Gasteiger partial charge in [0.2, 0.25) is 5.91 Å². The molecule has 0 aromatic heterocycles. The van der Waals surface area contributed by atoms with Crippen LogP contribution >= 0.6 is 0 Å². The van der Waals surface area contributed by atoms with E-state index in [4.69, 9.17) is 5.73 Å². The van der Waals surface area contributed by atoms with Gasteiger partial charge in [0.05, 0.1) is 6.42 Å². The molecule has 0 bridgehead atoms. The number of hydrogen-bond donors (Lipinski definition) is 2. The van der Waals surface area contributed by atoms with Gasteiger partial charge in [0, 0.05) is 11.4 Å². The molecule has 3 N–H and O–H groups in total. The lowest BCUT2D eigenvalue weighted by Crippen LogP contribution is -2.15. The molecule has 1 aromatic carbocycles. The minimum absolute atomic E-state index is 0.0229. The second kappa shape index (κ2) is 6.48. The maximum Gasteiger partial charge on any atom is 0.230 e. The molecule has 4 heteroatoms. The first-order valence-electron chi connectivity index (χ1n) is 5.44. The third-order valence-electron chi connectivity index (χ3n) is 2.27. The van der Waals surface area contributed by atoms with E-state index < -0.39 is 0 Å². The number of nitrogens with two attached hydrogens (primary N) is 1. The Morgan fingerprint density at radius 2 is 2.24 bits per heavy atom. The van der Waals surface area contributed by atoms with E-state index in [1.54, 1.807) is 0 Å². The monoisotopic (exact) mass is 232 g/mol. The van der Waals surface area contributed by atoms with Crippen LogP contribution in [0.2, 0.25) is 0 Å². The average molecular weight is 232 g/mol. The van der Waals surface area contributed by atoms with E-state index in [0.717, 1.165) is 17.7 Å². The second-order valence-electron chi connectivity index (χ2n) is 3.66. The highest BCUT2D eigenvalue weighted by Crippen LogP contribution is 2.11. The lowest BCUT2D eigenvalue weighted by molar-refractivity contribution is -0.115. The van der Waals surface area contributed by atoms with Gasteiger partial charge in [-0.25, -0.2) is 0 Å². The van der Waals surface area contributed by atoms with E-state index in [1.165, 1.54) is 6.08 Å². The van der Waals surface area contributed by atoms with Crippen molar-refractivity contribution in [2.24, 2.45) is 5.73 Å². The van der Waals surface area contributed by atoms with Gasteiger partial charge in [0.25, 0.3) is 0 Å². The number of hydrogen-bond acceptors (Lipinski definition) is 3.